The summed E-state index contributed by atoms with van der Waals surface area (Å²) in [6, 6.07) is 15.6. The van der Waals surface area contributed by atoms with Gasteiger partial charge in [-0.25, -0.2) is 4.98 Å². The Morgan fingerprint density at radius 1 is 1.14 bits per heavy atom. The van der Waals surface area contributed by atoms with E-state index in [1.807, 2.05) is 42.5 Å². The Labute approximate surface area is 211 Å². The van der Waals surface area contributed by atoms with Crippen molar-refractivity contribution in [3.05, 3.63) is 66.4 Å². The molecule has 36 heavy (non-hydrogen) atoms. The Kier molecular flexibility index (Phi) is 7.85. The Balaban J connectivity index is 1.61. The number of nitrogens with one attached hydrogen (secondary N) is 3. The minimum atomic E-state index is -0.220. The van der Waals surface area contributed by atoms with Crippen molar-refractivity contribution < 1.29 is 14.3 Å². The molecule has 2 amide bonds. The van der Waals surface area contributed by atoms with Crippen molar-refractivity contribution in [2.45, 2.75) is 18.9 Å². The number of ether oxygens (including phenoxy) is 1. The molecule has 188 valence electrons. The Morgan fingerprint density at radius 3 is 2.61 bits per heavy atom. The van der Waals surface area contributed by atoms with E-state index in [2.05, 4.69) is 39.5 Å². The number of fused-ring (bicyclic) bond motifs is 1. The lowest BCUT2D eigenvalue weighted by Crippen LogP contribution is -2.43. The van der Waals surface area contributed by atoms with Crippen LogP contribution in [0.1, 0.15) is 23.3 Å². The van der Waals surface area contributed by atoms with Crippen LogP contribution in [0.5, 0.6) is 5.75 Å². The summed E-state index contributed by atoms with van der Waals surface area (Å²) in [6.45, 7) is 6.07. The van der Waals surface area contributed by atoms with Gasteiger partial charge in [0.25, 0.3) is 5.91 Å². The van der Waals surface area contributed by atoms with Crippen molar-refractivity contribution in [1.29, 1.82) is 0 Å². The fraction of sp³-hybridized carbons (Fsp3) is 0.321. The molecule has 0 bridgehead atoms. The van der Waals surface area contributed by atoms with Crippen LogP contribution in [0.15, 0.2) is 60.7 Å². The molecule has 1 fully saturated rings. The zero-order valence-electron chi connectivity index (χ0n) is 21.1. The highest BCUT2D eigenvalue weighted by molar-refractivity contribution is 6.00. The Hall–Kier alpha value is -3.91. The van der Waals surface area contributed by atoms with Gasteiger partial charge in [-0.2, -0.15) is 0 Å². The standard InChI is InChI=1S/C28H33N5O3/c1-18(27(34)29-2)17-30-26-22-16-20(9-8-19(22)10-11-25(26)36-4)23-6-5-7-24(32-23)28(35)31-21-12-14-33(3)15-13-21/h5-11,16,21,30H,1,12-15,17H2,2-4H3,(H,29,34)(H,31,35). The third-order valence-corrected chi connectivity index (χ3v) is 6.56. The average Bonchev–Trinajstić information content (AvgIpc) is 2.91. The third kappa shape index (κ3) is 5.66. The van der Waals surface area contributed by atoms with Gasteiger partial charge in [0, 0.05) is 36.2 Å². The second-order valence-corrected chi connectivity index (χ2v) is 9.07. The number of likely N-dealkylation sites (tertiary alicyclic amines) is 1. The molecule has 0 atom stereocenters. The van der Waals surface area contributed by atoms with Gasteiger partial charge in [0.2, 0.25) is 5.91 Å². The number of likely N-dealkylation sites (N-methyl/N-ethyl adjacent to an activating group) is 1. The van der Waals surface area contributed by atoms with Crippen LogP contribution in [0.4, 0.5) is 5.69 Å². The molecule has 3 aromatic rings. The molecule has 8 nitrogen and oxygen atoms in total. The van der Waals surface area contributed by atoms with E-state index in [0.717, 1.165) is 48.0 Å². The summed E-state index contributed by atoms with van der Waals surface area (Å²) in [5.74, 6) is 0.287. The topological polar surface area (TPSA) is 95.6 Å². The van der Waals surface area contributed by atoms with E-state index in [4.69, 9.17) is 4.74 Å². The summed E-state index contributed by atoms with van der Waals surface area (Å²) in [4.78, 5) is 31.7. The fourth-order valence-corrected chi connectivity index (χ4v) is 4.40. The summed E-state index contributed by atoms with van der Waals surface area (Å²) in [6.07, 6.45) is 1.88. The number of carbonyl (C=O) groups is 2. The van der Waals surface area contributed by atoms with Crippen LogP contribution in [0.2, 0.25) is 0 Å². The fourth-order valence-electron chi connectivity index (χ4n) is 4.40. The molecule has 0 saturated carbocycles. The van der Waals surface area contributed by atoms with Gasteiger partial charge in [-0.3, -0.25) is 9.59 Å². The zero-order chi connectivity index (χ0) is 25.7. The smallest absolute Gasteiger partial charge is 0.270 e. The molecule has 0 radical (unpaired) electrons. The van der Waals surface area contributed by atoms with E-state index in [1.165, 1.54) is 0 Å². The second-order valence-electron chi connectivity index (χ2n) is 9.07. The number of benzene rings is 2. The van der Waals surface area contributed by atoms with Crippen LogP contribution in [-0.2, 0) is 4.79 Å². The number of hydrogen-bond donors (Lipinski definition) is 3. The lowest BCUT2D eigenvalue weighted by Gasteiger charge is -2.29. The summed E-state index contributed by atoms with van der Waals surface area (Å²) < 4.78 is 5.58. The van der Waals surface area contributed by atoms with Gasteiger partial charge in [-0.15, -0.1) is 0 Å². The normalized spacial score (nSPS) is 14.3. The third-order valence-electron chi connectivity index (χ3n) is 6.56. The molecule has 8 heteroatoms. The molecule has 4 rings (SSSR count). The minimum absolute atomic E-state index is 0.149. The van der Waals surface area contributed by atoms with E-state index >= 15 is 0 Å². The summed E-state index contributed by atoms with van der Waals surface area (Å²) >= 11 is 0. The zero-order valence-corrected chi connectivity index (χ0v) is 21.1. The number of carbonyl (C=O) groups excluding carboxylic acids is 2. The highest BCUT2D eigenvalue weighted by Gasteiger charge is 2.20. The highest BCUT2D eigenvalue weighted by Crippen LogP contribution is 2.35. The van der Waals surface area contributed by atoms with Crippen molar-refractivity contribution in [3.63, 3.8) is 0 Å². The van der Waals surface area contributed by atoms with Crippen LogP contribution in [0.25, 0.3) is 22.0 Å². The first kappa shape index (κ1) is 25.2. The van der Waals surface area contributed by atoms with Crippen LogP contribution in [-0.4, -0.2) is 68.6 Å². The first-order valence-electron chi connectivity index (χ1n) is 12.1. The van der Waals surface area contributed by atoms with Crippen molar-refractivity contribution in [2.24, 2.45) is 0 Å². The van der Waals surface area contributed by atoms with E-state index in [-0.39, 0.29) is 24.4 Å². The number of aromatic nitrogens is 1. The molecule has 2 aromatic carbocycles. The van der Waals surface area contributed by atoms with Gasteiger partial charge in [-0.1, -0.05) is 30.8 Å². The molecule has 2 heterocycles. The highest BCUT2D eigenvalue weighted by atomic mass is 16.5. The van der Waals surface area contributed by atoms with Crippen molar-refractivity contribution in [3.8, 4) is 17.0 Å². The Bertz CT molecular complexity index is 1280. The maximum absolute atomic E-state index is 12.9. The van der Waals surface area contributed by atoms with Crippen molar-refractivity contribution in [1.82, 2.24) is 20.5 Å². The first-order chi connectivity index (χ1) is 17.4. The molecule has 3 N–H and O–H groups in total. The number of methoxy groups -OCH3 is 1. The van der Waals surface area contributed by atoms with Gasteiger partial charge in [0.05, 0.1) is 18.5 Å². The van der Waals surface area contributed by atoms with Gasteiger partial charge in [-0.05, 0) is 62.6 Å². The summed E-state index contributed by atoms with van der Waals surface area (Å²) in [5, 5.41) is 10.9. The summed E-state index contributed by atoms with van der Waals surface area (Å²) in [5.41, 5.74) is 3.16. The monoisotopic (exact) mass is 487 g/mol. The molecular weight excluding hydrogens is 454 g/mol. The molecular formula is C28H33N5O3. The number of rotatable bonds is 8. The van der Waals surface area contributed by atoms with Gasteiger partial charge in [0.15, 0.2) is 0 Å². The maximum atomic E-state index is 12.9. The number of piperidine rings is 1. The summed E-state index contributed by atoms with van der Waals surface area (Å²) in [7, 11) is 5.28. The van der Waals surface area contributed by atoms with Crippen molar-refractivity contribution in [2.75, 3.05) is 46.2 Å². The molecule has 1 saturated heterocycles. The van der Waals surface area contributed by atoms with Gasteiger partial charge >= 0.3 is 0 Å². The lowest BCUT2D eigenvalue weighted by atomic mass is 10.0. The number of nitrogens with zero attached hydrogens (tertiary/aromatic N) is 2. The van der Waals surface area contributed by atoms with E-state index < -0.39 is 0 Å². The van der Waals surface area contributed by atoms with E-state index in [0.29, 0.717) is 22.7 Å². The maximum Gasteiger partial charge on any atom is 0.270 e. The molecule has 0 aliphatic carbocycles. The molecule has 0 spiro atoms. The molecule has 1 aromatic heterocycles. The first-order valence-corrected chi connectivity index (χ1v) is 12.1. The van der Waals surface area contributed by atoms with Crippen LogP contribution >= 0.6 is 0 Å². The Morgan fingerprint density at radius 2 is 1.89 bits per heavy atom. The quantitative estimate of drug-likeness (QED) is 0.421. The van der Waals surface area contributed by atoms with Gasteiger partial charge < -0.3 is 25.6 Å². The number of anilines is 1. The van der Waals surface area contributed by atoms with E-state index in [1.54, 1.807) is 20.2 Å². The average molecular weight is 488 g/mol. The minimum Gasteiger partial charge on any atom is -0.495 e. The van der Waals surface area contributed by atoms with Crippen LogP contribution in [0.3, 0.4) is 0 Å². The molecule has 0 unspecified atom stereocenters. The van der Waals surface area contributed by atoms with Crippen LogP contribution < -0.4 is 20.7 Å². The molecule has 1 aliphatic heterocycles. The second kappa shape index (κ2) is 11.2. The number of pyridine rings is 1. The number of amides is 2. The van der Waals surface area contributed by atoms with Crippen LogP contribution in [0, 0.1) is 0 Å². The predicted octanol–water partition coefficient (Wildman–Crippen LogP) is 3.45. The van der Waals surface area contributed by atoms with Gasteiger partial charge in [0.1, 0.15) is 11.4 Å². The predicted molar refractivity (Wildman–Crippen MR) is 143 cm³/mol. The largest absolute Gasteiger partial charge is 0.495 e. The molecule has 1 aliphatic rings. The number of hydrogen-bond acceptors (Lipinski definition) is 6. The van der Waals surface area contributed by atoms with E-state index in [9.17, 15) is 9.59 Å². The SMILES string of the molecule is C=C(CNc1c(OC)ccc2ccc(-c3cccc(C(=O)NC4CCN(C)CC4)n3)cc12)C(=O)NC. The lowest BCUT2D eigenvalue weighted by molar-refractivity contribution is -0.117. The van der Waals surface area contributed by atoms with Crippen molar-refractivity contribution >= 4 is 28.3 Å².